The van der Waals surface area contributed by atoms with Crippen molar-refractivity contribution in [3.05, 3.63) is 0 Å². The van der Waals surface area contributed by atoms with Gasteiger partial charge in [-0.1, -0.05) is 6.92 Å². The number of nitrogens with two attached hydrogens (primary N) is 1. The van der Waals surface area contributed by atoms with E-state index in [1.807, 2.05) is 6.92 Å². The third kappa shape index (κ3) is 1.95. The fraction of sp³-hybridized carbons (Fsp3) is 0.875. The van der Waals surface area contributed by atoms with Gasteiger partial charge in [0.05, 0.1) is 13.0 Å². The lowest BCUT2D eigenvalue weighted by atomic mass is 9.79. The number of ether oxygens (including phenoxy) is 1. The molecule has 1 aliphatic rings. The lowest BCUT2D eigenvalue weighted by Crippen LogP contribution is -2.52. The van der Waals surface area contributed by atoms with Crippen molar-refractivity contribution < 1.29 is 14.6 Å². The van der Waals surface area contributed by atoms with Gasteiger partial charge in [-0.25, -0.2) is 0 Å². The molecule has 0 spiro atoms. The van der Waals surface area contributed by atoms with Gasteiger partial charge in [0.1, 0.15) is 0 Å². The lowest BCUT2D eigenvalue weighted by molar-refractivity contribution is -0.140. The van der Waals surface area contributed by atoms with E-state index in [-0.39, 0.29) is 12.3 Å². The summed E-state index contributed by atoms with van der Waals surface area (Å²) in [6.07, 6.45) is 0.679. The zero-order valence-electron chi connectivity index (χ0n) is 7.25. The van der Waals surface area contributed by atoms with Crippen LogP contribution in [0.4, 0.5) is 0 Å². The van der Waals surface area contributed by atoms with Crippen LogP contribution in [0.2, 0.25) is 0 Å². The van der Waals surface area contributed by atoms with E-state index in [0.717, 1.165) is 0 Å². The molecule has 4 heteroatoms. The van der Waals surface area contributed by atoms with Crippen molar-refractivity contribution >= 4 is 5.97 Å². The third-order valence-corrected chi connectivity index (χ3v) is 2.54. The van der Waals surface area contributed by atoms with Gasteiger partial charge in [-0.3, -0.25) is 4.79 Å². The van der Waals surface area contributed by atoms with Crippen molar-refractivity contribution in [1.29, 1.82) is 0 Å². The van der Waals surface area contributed by atoms with Crippen molar-refractivity contribution in [1.82, 2.24) is 0 Å². The van der Waals surface area contributed by atoms with Crippen LogP contribution in [0.5, 0.6) is 0 Å². The van der Waals surface area contributed by atoms with Crippen molar-refractivity contribution in [3.8, 4) is 0 Å². The fourth-order valence-corrected chi connectivity index (χ4v) is 1.48. The summed E-state index contributed by atoms with van der Waals surface area (Å²) < 4.78 is 5.19. The topological polar surface area (TPSA) is 72.5 Å². The maximum absolute atomic E-state index is 10.5. The molecule has 1 fully saturated rings. The molecule has 1 rings (SSSR count). The van der Waals surface area contributed by atoms with E-state index in [1.165, 1.54) is 0 Å². The highest BCUT2D eigenvalue weighted by Crippen LogP contribution is 2.26. The van der Waals surface area contributed by atoms with E-state index < -0.39 is 11.5 Å². The highest BCUT2D eigenvalue weighted by atomic mass is 16.5. The van der Waals surface area contributed by atoms with Gasteiger partial charge >= 0.3 is 5.97 Å². The van der Waals surface area contributed by atoms with Gasteiger partial charge in [-0.05, 0) is 12.3 Å². The van der Waals surface area contributed by atoms with Crippen molar-refractivity contribution in [2.75, 3.05) is 13.2 Å². The van der Waals surface area contributed by atoms with Crippen molar-refractivity contribution in [2.24, 2.45) is 11.7 Å². The molecule has 3 N–H and O–H groups in total. The molecule has 4 nitrogen and oxygen atoms in total. The first-order valence-electron chi connectivity index (χ1n) is 4.13. The Morgan fingerprint density at radius 1 is 1.83 bits per heavy atom. The molecule has 0 aromatic rings. The number of rotatable bonds is 2. The summed E-state index contributed by atoms with van der Waals surface area (Å²) >= 11 is 0. The summed E-state index contributed by atoms with van der Waals surface area (Å²) in [6.45, 7) is 3.08. The molecule has 0 aromatic heterocycles. The van der Waals surface area contributed by atoms with Crippen LogP contribution in [0.1, 0.15) is 19.8 Å². The fourth-order valence-electron chi connectivity index (χ4n) is 1.48. The van der Waals surface area contributed by atoms with E-state index in [2.05, 4.69) is 0 Å². The smallest absolute Gasteiger partial charge is 0.305 e. The molecule has 1 heterocycles. The Morgan fingerprint density at radius 2 is 2.50 bits per heavy atom. The Balaban J connectivity index is 2.59. The van der Waals surface area contributed by atoms with Crippen LogP contribution >= 0.6 is 0 Å². The van der Waals surface area contributed by atoms with Crippen LogP contribution < -0.4 is 5.73 Å². The second-order valence-electron chi connectivity index (χ2n) is 3.53. The molecule has 0 radical (unpaired) electrons. The molecule has 2 atom stereocenters. The first-order chi connectivity index (χ1) is 5.54. The first-order valence-corrected chi connectivity index (χ1v) is 4.13. The molecule has 0 bridgehead atoms. The lowest BCUT2D eigenvalue weighted by Gasteiger charge is -2.38. The maximum atomic E-state index is 10.5. The quantitative estimate of drug-likeness (QED) is 0.626. The number of carboxylic acid groups (broad SMARTS) is 1. The maximum Gasteiger partial charge on any atom is 0.305 e. The SMILES string of the molecule is CC1COCCC1(N)CC(=O)O. The monoisotopic (exact) mass is 173 g/mol. The van der Waals surface area contributed by atoms with Crippen LogP contribution in [0.25, 0.3) is 0 Å². The number of carbonyl (C=O) groups is 1. The van der Waals surface area contributed by atoms with Crippen LogP contribution in [0.3, 0.4) is 0 Å². The molecule has 1 aliphatic heterocycles. The molecular formula is C8H15NO3. The van der Waals surface area contributed by atoms with Gasteiger partial charge in [0.2, 0.25) is 0 Å². The number of aliphatic carboxylic acids is 1. The average molecular weight is 173 g/mol. The van der Waals surface area contributed by atoms with E-state index in [4.69, 9.17) is 15.6 Å². The zero-order chi connectivity index (χ0) is 9.19. The molecule has 0 amide bonds. The Bertz CT molecular complexity index is 183. The van der Waals surface area contributed by atoms with E-state index in [1.54, 1.807) is 0 Å². The van der Waals surface area contributed by atoms with Gasteiger partial charge in [0.15, 0.2) is 0 Å². The van der Waals surface area contributed by atoms with E-state index in [0.29, 0.717) is 19.6 Å². The van der Waals surface area contributed by atoms with Crippen LogP contribution in [0, 0.1) is 5.92 Å². The largest absolute Gasteiger partial charge is 0.481 e. The molecular weight excluding hydrogens is 158 g/mol. The summed E-state index contributed by atoms with van der Waals surface area (Å²) in [4.78, 5) is 10.5. The Labute approximate surface area is 71.7 Å². The van der Waals surface area contributed by atoms with Crippen molar-refractivity contribution in [2.45, 2.75) is 25.3 Å². The summed E-state index contributed by atoms with van der Waals surface area (Å²) in [6, 6.07) is 0. The highest BCUT2D eigenvalue weighted by Gasteiger charge is 2.36. The minimum atomic E-state index is -0.828. The molecule has 2 unspecified atom stereocenters. The van der Waals surface area contributed by atoms with Gasteiger partial charge in [-0.15, -0.1) is 0 Å². The predicted octanol–water partition coefficient (Wildman–Crippen LogP) is 0.215. The van der Waals surface area contributed by atoms with Gasteiger partial charge in [0.25, 0.3) is 0 Å². The van der Waals surface area contributed by atoms with Crippen LogP contribution in [0.15, 0.2) is 0 Å². The minimum Gasteiger partial charge on any atom is -0.481 e. The summed E-state index contributed by atoms with van der Waals surface area (Å²) in [5.74, 6) is -0.700. The van der Waals surface area contributed by atoms with Gasteiger partial charge < -0.3 is 15.6 Å². The van der Waals surface area contributed by atoms with Crippen LogP contribution in [-0.4, -0.2) is 29.8 Å². The predicted molar refractivity (Wildman–Crippen MR) is 43.8 cm³/mol. The normalized spacial score (nSPS) is 36.3. The highest BCUT2D eigenvalue weighted by molar-refractivity contribution is 5.68. The Kier molecular flexibility index (Phi) is 2.69. The Morgan fingerprint density at radius 3 is 3.00 bits per heavy atom. The average Bonchev–Trinajstić information content (AvgIpc) is 1.94. The second-order valence-corrected chi connectivity index (χ2v) is 3.53. The summed E-state index contributed by atoms with van der Waals surface area (Å²) in [5.41, 5.74) is 5.38. The van der Waals surface area contributed by atoms with Gasteiger partial charge in [-0.2, -0.15) is 0 Å². The standard InChI is InChI=1S/C8H15NO3/c1-6-5-12-3-2-8(6,9)4-7(10)11/h6H,2-5,9H2,1H3,(H,10,11). The third-order valence-electron chi connectivity index (χ3n) is 2.54. The van der Waals surface area contributed by atoms with Gasteiger partial charge in [0, 0.05) is 12.1 Å². The van der Waals surface area contributed by atoms with Crippen molar-refractivity contribution in [3.63, 3.8) is 0 Å². The molecule has 1 saturated heterocycles. The second kappa shape index (κ2) is 3.41. The molecule has 0 saturated carbocycles. The molecule has 12 heavy (non-hydrogen) atoms. The number of carboxylic acids is 1. The summed E-state index contributed by atoms with van der Waals surface area (Å²) in [7, 11) is 0. The Hall–Kier alpha value is -0.610. The minimum absolute atomic E-state index is 0.0392. The molecule has 70 valence electrons. The summed E-state index contributed by atoms with van der Waals surface area (Å²) in [5, 5.41) is 8.63. The van der Waals surface area contributed by atoms with E-state index >= 15 is 0 Å². The molecule has 0 aliphatic carbocycles. The van der Waals surface area contributed by atoms with Crippen LogP contribution in [-0.2, 0) is 9.53 Å². The first kappa shape index (κ1) is 9.48. The zero-order valence-corrected chi connectivity index (χ0v) is 7.25. The van der Waals surface area contributed by atoms with E-state index in [9.17, 15) is 4.79 Å². The number of hydrogen-bond acceptors (Lipinski definition) is 3. The number of hydrogen-bond donors (Lipinski definition) is 2. The molecule has 0 aromatic carbocycles.